The summed E-state index contributed by atoms with van der Waals surface area (Å²) in [6.07, 6.45) is 1.45. The number of nitrogens with one attached hydrogen (secondary N) is 1. The zero-order valence-corrected chi connectivity index (χ0v) is 11.4. The van der Waals surface area contributed by atoms with Crippen LogP contribution in [0.25, 0.3) is 0 Å². The van der Waals surface area contributed by atoms with E-state index in [1.807, 2.05) is 6.07 Å². The van der Waals surface area contributed by atoms with E-state index in [4.69, 9.17) is 4.74 Å². The molecular weight excluding hydrogens is 226 g/mol. The summed E-state index contributed by atoms with van der Waals surface area (Å²) in [6, 6.07) is 6.20. The second-order valence-electron chi connectivity index (χ2n) is 4.86. The molecule has 0 aliphatic carbocycles. The van der Waals surface area contributed by atoms with Gasteiger partial charge in [0.2, 0.25) is 0 Å². The highest BCUT2D eigenvalue weighted by atomic mass is 16.5. The monoisotopic (exact) mass is 249 g/mol. The maximum absolute atomic E-state index is 5.55. The molecule has 1 aliphatic heterocycles. The molecule has 100 valence electrons. The summed E-state index contributed by atoms with van der Waals surface area (Å²) in [5.41, 5.74) is 1.13. The number of anilines is 1. The van der Waals surface area contributed by atoms with Gasteiger partial charge in [-0.25, -0.2) is 4.98 Å². The molecule has 0 radical (unpaired) electrons. The average Bonchev–Trinajstić information content (AvgIpc) is 2.37. The molecule has 4 nitrogen and oxygen atoms in total. The third-order valence-corrected chi connectivity index (χ3v) is 3.07. The van der Waals surface area contributed by atoms with E-state index in [1.165, 1.54) is 0 Å². The van der Waals surface area contributed by atoms with Crippen LogP contribution in [0.5, 0.6) is 0 Å². The highest BCUT2D eigenvalue weighted by molar-refractivity contribution is 5.35. The average molecular weight is 249 g/mol. The molecule has 1 saturated heterocycles. The van der Waals surface area contributed by atoms with E-state index in [0.29, 0.717) is 6.10 Å². The second kappa shape index (κ2) is 6.71. The van der Waals surface area contributed by atoms with Crippen LogP contribution in [-0.4, -0.2) is 42.2 Å². The van der Waals surface area contributed by atoms with E-state index >= 15 is 0 Å². The lowest BCUT2D eigenvalue weighted by atomic mass is 10.2. The Bertz CT molecular complexity index is 370. The maximum Gasteiger partial charge on any atom is 0.126 e. The zero-order chi connectivity index (χ0) is 12.8. The Kier molecular flexibility index (Phi) is 4.96. The molecule has 1 aliphatic rings. The van der Waals surface area contributed by atoms with E-state index < -0.39 is 0 Å². The van der Waals surface area contributed by atoms with Crippen molar-refractivity contribution in [1.29, 1.82) is 0 Å². The van der Waals surface area contributed by atoms with Gasteiger partial charge in [0.15, 0.2) is 0 Å². The fraction of sp³-hybridized carbons (Fsp3) is 0.643. The first-order valence-electron chi connectivity index (χ1n) is 6.81. The Morgan fingerprint density at radius 3 is 3.17 bits per heavy atom. The van der Waals surface area contributed by atoms with Crippen LogP contribution in [0.2, 0.25) is 0 Å². The molecule has 1 aromatic rings. The van der Waals surface area contributed by atoms with Gasteiger partial charge in [0.05, 0.1) is 18.4 Å². The predicted molar refractivity (Wildman–Crippen MR) is 73.7 cm³/mol. The van der Waals surface area contributed by atoms with Crippen molar-refractivity contribution in [2.24, 2.45) is 0 Å². The molecular formula is C14H23N3O. The Morgan fingerprint density at radius 1 is 1.50 bits per heavy atom. The molecule has 2 rings (SSSR count). The number of rotatable bonds is 5. The Labute approximate surface area is 109 Å². The summed E-state index contributed by atoms with van der Waals surface area (Å²) in [5.74, 6) is 0.982. The number of hydrogen-bond donors (Lipinski definition) is 1. The molecule has 0 amide bonds. The molecule has 4 heteroatoms. The first kappa shape index (κ1) is 13.3. The predicted octanol–water partition coefficient (Wildman–Crippen LogP) is 2.12. The van der Waals surface area contributed by atoms with E-state index in [-0.39, 0.29) is 0 Å². The van der Waals surface area contributed by atoms with Gasteiger partial charge >= 0.3 is 0 Å². The largest absolute Gasteiger partial charge is 0.376 e. The molecule has 0 saturated carbocycles. The van der Waals surface area contributed by atoms with Crippen LogP contribution in [0, 0.1) is 0 Å². The van der Waals surface area contributed by atoms with Crippen molar-refractivity contribution in [1.82, 2.24) is 9.88 Å². The lowest BCUT2D eigenvalue weighted by Crippen LogP contribution is -2.40. The van der Waals surface area contributed by atoms with Gasteiger partial charge in [-0.1, -0.05) is 13.0 Å². The molecule has 1 fully saturated rings. The normalized spacial score (nSPS) is 20.9. The van der Waals surface area contributed by atoms with Gasteiger partial charge in [-0.15, -0.1) is 0 Å². The van der Waals surface area contributed by atoms with Gasteiger partial charge in [0.1, 0.15) is 5.82 Å². The van der Waals surface area contributed by atoms with E-state index in [2.05, 4.69) is 41.2 Å². The molecule has 1 unspecified atom stereocenters. The van der Waals surface area contributed by atoms with E-state index in [9.17, 15) is 0 Å². The minimum atomic E-state index is 0.333. The smallest absolute Gasteiger partial charge is 0.126 e. The minimum Gasteiger partial charge on any atom is -0.376 e. The first-order chi connectivity index (χ1) is 8.78. The number of hydrogen-bond acceptors (Lipinski definition) is 4. The lowest BCUT2D eigenvalue weighted by Gasteiger charge is -2.30. The van der Waals surface area contributed by atoms with E-state index in [0.717, 1.165) is 50.7 Å². The number of nitrogens with zero attached hydrogens (tertiary/aromatic N) is 2. The summed E-state index contributed by atoms with van der Waals surface area (Å²) in [7, 11) is 0. The van der Waals surface area contributed by atoms with Crippen LogP contribution < -0.4 is 5.32 Å². The van der Waals surface area contributed by atoms with Crippen LogP contribution >= 0.6 is 0 Å². The van der Waals surface area contributed by atoms with Gasteiger partial charge in [-0.05, 0) is 25.5 Å². The summed E-state index contributed by atoms with van der Waals surface area (Å²) in [6.45, 7) is 8.99. The molecule has 0 bridgehead atoms. The fourth-order valence-corrected chi connectivity index (χ4v) is 2.18. The van der Waals surface area contributed by atoms with Gasteiger partial charge < -0.3 is 10.1 Å². The zero-order valence-electron chi connectivity index (χ0n) is 11.4. The highest BCUT2D eigenvalue weighted by Gasteiger charge is 2.16. The van der Waals surface area contributed by atoms with Crippen LogP contribution in [0.15, 0.2) is 18.2 Å². The Hall–Kier alpha value is -1.13. The highest BCUT2D eigenvalue weighted by Crippen LogP contribution is 2.11. The third-order valence-electron chi connectivity index (χ3n) is 3.07. The quantitative estimate of drug-likeness (QED) is 0.867. The fourth-order valence-electron chi connectivity index (χ4n) is 2.18. The Morgan fingerprint density at radius 2 is 2.39 bits per heavy atom. The molecule has 1 N–H and O–H groups in total. The molecule has 2 heterocycles. The Balaban J connectivity index is 1.91. The van der Waals surface area contributed by atoms with Gasteiger partial charge in [-0.3, -0.25) is 4.90 Å². The minimum absolute atomic E-state index is 0.333. The van der Waals surface area contributed by atoms with Gasteiger partial charge in [-0.2, -0.15) is 0 Å². The maximum atomic E-state index is 5.55. The molecule has 18 heavy (non-hydrogen) atoms. The van der Waals surface area contributed by atoms with Crippen molar-refractivity contribution in [3.8, 4) is 0 Å². The van der Waals surface area contributed by atoms with Crippen LogP contribution in [0.1, 0.15) is 26.0 Å². The molecule has 0 aromatic carbocycles. The van der Waals surface area contributed by atoms with Gasteiger partial charge in [0.25, 0.3) is 0 Å². The summed E-state index contributed by atoms with van der Waals surface area (Å²) in [4.78, 5) is 7.04. The first-order valence-corrected chi connectivity index (χ1v) is 6.81. The van der Waals surface area contributed by atoms with E-state index in [1.54, 1.807) is 0 Å². The topological polar surface area (TPSA) is 37.4 Å². The van der Waals surface area contributed by atoms with Crippen molar-refractivity contribution in [2.75, 3.05) is 31.6 Å². The third kappa shape index (κ3) is 3.96. The summed E-state index contributed by atoms with van der Waals surface area (Å²) < 4.78 is 5.55. The van der Waals surface area contributed by atoms with Crippen molar-refractivity contribution in [3.05, 3.63) is 23.9 Å². The van der Waals surface area contributed by atoms with Gasteiger partial charge in [0, 0.05) is 26.2 Å². The molecule has 1 atom stereocenters. The summed E-state index contributed by atoms with van der Waals surface area (Å²) >= 11 is 0. The standard InChI is InChI=1S/C14H23N3O/c1-3-7-15-14-6-4-5-13(16-14)11-17-8-9-18-12(2)10-17/h4-6,12H,3,7-11H2,1-2H3,(H,15,16). The SMILES string of the molecule is CCCNc1cccc(CN2CCOC(C)C2)n1. The second-order valence-corrected chi connectivity index (χ2v) is 4.86. The van der Waals surface area contributed by atoms with Crippen molar-refractivity contribution >= 4 is 5.82 Å². The van der Waals surface area contributed by atoms with Crippen LogP contribution in [0.4, 0.5) is 5.82 Å². The van der Waals surface area contributed by atoms with Crippen LogP contribution in [0.3, 0.4) is 0 Å². The number of aromatic nitrogens is 1. The number of ether oxygens (including phenoxy) is 1. The van der Waals surface area contributed by atoms with Crippen LogP contribution in [-0.2, 0) is 11.3 Å². The van der Waals surface area contributed by atoms with Crippen molar-refractivity contribution in [2.45, 2.75) is 32.9 Å². The van der Waals surface area contributed by atoms with Crippen molar-refractivity contribution < 1.29 is 4.74 Å². The lowest BCUT2D eigenvalue weighted by molar-refractivity contribution is -0.0215. The summed E-state index contributed by atoms with van der Waals surface area (Å²) in [5, 5.41) is 3.33. The van der Waals surface area contributed by atoms with Crippen molar-refractivity contribution in [3.63, 3.8) is 0 Å². The molecule has 1 aromatic heterocycles. The number of pyridine rings is 1. The number of morpholine rings is 1. The molecule has 0 spiro atoms.